The number of thioether (sulfide) groups is 1. The molecule has 2 rings (SSSR count). The first-order valence-corrected chi connectivity index (χ1v) is 7.73. The molecular weight excluding hydrogens is 268 g/mol. The van der Waals surface area contributed by atoms with Gasteiger partial charge in [-0.05, 0) is 29.2 Å². The number of benzene rings is 2. The van der Waals surface area contributed by atoms with Crippen LogP contribution >= 0.6 is 11.8 Å². The molecule has 1 N–H and O–H groups in total. The lowest BCUT2D eigenvalue weighted by molar-refractivity contribution is -0.136. The highest BCUT2D eigenvalue weighted by molar-refractivity contribution is 7.97. The van der Waals surface area contributed by atoms with Gasteiger partial charge in [-0.1, -0.05) is 48.5 Å². The molecule has 2 aromatic carbocycles. The van der Waals surface area contributed by atoms with E-state index in [1.807, 2.05) is 42.1 Å². The van der Waals surface area contributed by atoms with Crippen LogP contribution in [0.2, 0.25) is 0 Å². The first-order chi connectivity index (χ1) is 9.66. The quantitative estimate of drug-likeness (QED) is 0.870. The Bertz CT molecular complexity index is 593. The highest BCUT2D eigenvalue weighted by Gasteiger charge is 2.06. The summed E-state index contributed by atoms with van der Waals surface area (Å²) in [6.45, 7) is 2.12. The molecule has 0 aliphatic heterocycles. The second kappa shape index (κ2) is 7.15. The van der Waals surface area contributed by atoms with Crippen LogP contribution in [-0.2, 0) is 22.7 Å². The molecule has 0 unspecified atom stereocenters. The van der Waals surface area contributed by atoms with Gasteiger partial charge in [0.1, 0.15) is 0 Å². The number of aryl methyl sites for hydroxylation is 1. The highest BCUT2D eigenvalue weighted by atomic mass is 32.2. The first-order valence-electron chi connectivity index (χ1n) is 6.57. The molecule has 0 fully saturated rings. The number of hydrogen-bond donors (Lipinski definition) is 1. The Morgan fingerprint density at radius 3 is 2.15 bits per heavy atom. The van der Waals surface area contributed by atoms with Crippen LogP contribution in [0.25, 0.3) is 0 Å². The summed E-state index contributed by atoms with van der Waals surface area (Å²) in [5.41, 5.74) is 4.68. The smallest absolute Gasteiger partial charge is 0.307 e. The molecule has 20 heavy (non-hydrogen) atoms. The van der Waals surface area contributed by atoms with E-state index in [0.29, 0.717) is 0 Å². The standard InChI is InChI=1S/C17H18O2S/c1-13-6-2-3-8-15(13)11-20-12-16-9-5-4-7-14(16)10-17(18)19/h2-9H,10-12H2,1H3,(H,18,19). The maximum absolute atomic E-state index is 10.9. The van der Waals surface area contributed by atoms with E-state index in [1.54, 1.807) is 0 Å². The number of carbonyl (C=O) groups is 1. The Morgan fingerprint density at radius 2 is 1.50 bits per heavy atom. The van der Waals surface area contributed by atoms with Gasteiger partial charge >= 0.3 is 5.97 Å². The fourth-order valence-electron chi connectivity index (χ4n) is 2.08. The van der Waals surface area contributed by atoms with E-state index in [1.165, 1.54) is 11.1 Å². The number of rotatable bonds is 6. The SMILES string of the molecule is Cc1ccccc1CSCc1ccccc1CC(=O)O. The van der Waals surface area contributed by atoms with Crippen molar-refractivity contribution in [3.05, 3.63) is 70.8 Å². The van der Waals surface area contributed by atoms with Crippen LogP contribution in [-0.4, -0.2) is 11.1 Å². The number of carboxylic acid groups (broad SMARTS) is 1. The van der Waals surface area contributed by atoms with Crippen LogP contribution in [0, 0.1) is 6.92 Å². The Morgan fingerprint density at radius 1 is 0.950 bits per heavy atom. The van der Waals surface area contributed by atoms with Crippen molar-refractivity contribution in [3.63, 3.8) is 0 Å². The van der Waals surface area contributed by atoms with Crippen LogP contribution in [0.1, 0.15) is 22.3 Å². The molecule has 0 saturated carbocycles. The third-order valence-electron chi connectivity index (χ3n) is 3.24. The van der Waals surface area contributed by atoms with Gasteiger partial charge in [-0.15, -0.1) is 0 Å². The number of carboxylic acids is 1. The molecule has 0 amide bonds. The second-order valence-electron chi connectivity index (χ2n) is 4.76. The second-order valence-corrected chi connectivity index (χ2v) is 5.74. The zero-order valence-electron chi connectivity index (χ0n) is 11.5. The highest BCUT2D eigenvalue weighted by Crippen LogP contribution is 2.22. The van der Waals surface area contributed by atoms with E-state index in [4.69, 9.17) is 5.11 Å². The summed E-state index contributed by atoms with van der Waals surface area (Å²) in [6, 6.07) is 16.1. The summed E-state index contributed by atoms with van der Waals surface area (Å²) in [6.07, 6.45) is 0.0983. The van der Waals surface area contributed by atoms with Crippen molar-refractivity contribution in [1.29, 1.82) is 0 Å². The summed E-state index contributed by atoms with van der Waals surface area (Å²) in [7, 11) is 0. The average Bonchev–Trinajstić information content (AvgIpc) is 2.42. The number of aliphatic carboxylic acids is 1. The normalized spacial score (nSPS) is 10.4. The maximum Gasteiger partial charge on any atom is 0.307 e. The van der Waals surface area contributed by atoms with Gasteiger partial charge in [0, 0.05) is 11.5 Å². The molecule has 0 aliphatic carbocycles. The van der Waals surface area contributed by atoms with Crippen LogP contribution in [0.15, 0.2) is 48.5 Å². The molecule has 0 atom stereocenters. The Hall–Kier alpha value is -1.74. The van der Waals surface area contributed by atoms with Gasteiger partial charge in [0.2, 0.25) is 0 Å². The van der Waals surface area contributed by atoms with Crippen LogP contribution < -0.4 is 0 Å². The lowest BCUT2D eigenvalue weighted by Gasteiger charge is -2.09. The summed E-state index contributed by atoms with van der Waals surface area (Å²) in [5.74, 6) is 1.02. The number of hydrogen-bond acceptors (Lipinski definition) is 2. The minimum atomic E-state index is -0.777. The molecule has 0 bridgehead atoms. The monoisotopic (exact) mass is 286 g/mol. The van der Waals surface area contributed by atoms with Gasteiger partial charge in [0.15, 0.2) is 0 Å². The zero-order chi connectivity index (χ0) is 14.4. The van der Waals surface area contributed by atoms with E-state index in [2.05, 4.69) is 25.1 Å². The van der Waals surface area contributed by atoms with E-state index >= 15 is 0 Å². The van der Waals surface area contributed by atoms with Gasteiger partial charge in [-0.2, -0.15) is 11.8 Å². The molecule has 2 nitrogen and oxygen atoms in total. The first kappa shape index (κ1) is 14.7. The van der Waals surface area contributed by atoms with E-state index in [-0.39, 0.29) is 6.42 Å². The molecule has 3 heteroatoms. The third-order valence-corrected chi connectivity index (χ3v) is 4.27. The average molecular weight is 286 g/mol. The van der Waals surface area contributed by atoms with Crippen molar-refractivity contribution in [2.45, 2.75) is 24.9 Å². The Labute approximate surface area is 123 Å². The van der Waals surface area contributed by atoms with Crippen molar-refractivity contribution in [2.24, 2.45) is 0 Å². The van der Waals surface area contributed by atoms with Crippen molar-refractivity contribution < 1.29 is 9.90 Å². The van der Waals surface area contributed by atoms with Crippen LogP contribution in [0.5, 0.6) is 0 Å². The van der Waals surface area contributed by atoms with Crippen LogP contribution in [0.3, 0.4) is 0 Å². The summed E-state index contributed by atoms with van der Waals surface area (Å²) in [4.78, 5) is 10.9. The molecule has 104 valence electrons. The largest absolute Gasteiger partial charge is 0.481 e. The van der Waals surface area contributed by atoms with Gasteiger partial charge in [-0.25, -0.2) is 0 Å². The summed E-state index contributed by atoms with van der Waals surface area (Å²) < 4.78 is 0. The van der Waals surface area contributed by atoms with E-state index < -0.39 is 5.97 Å². The Kier molecular flexibility index (Phi) is 5.24. The van der Waals surface area contributed by atoms with Gasteiger partial charge < -0.3 is 5.11 Å². The minimum absolute atomic E-state index is 0.0983. The fraction of sp³-hybridized carbons (Fsp3) is 0.235. The minimum Gasteiger partial charge on any atom is -0.481 e. The van der Waals surface area contributed by atoms with Gasteiger partial charge in [0.25, 0.3) is 0 Å². The lowest BCUT2D eigenvalue weighted by Crippen LogP contribution is -2.03. The topological polar surface area (TPSA) is 37.3 Å². The molecule has 0 heterocycles. The van der Waals surface area contributed by atoms with Crippen LogP contribution in [0.4, 0.5) is 0 Å². The van der Waals surface area contributed by atoms with E-state index in [9.17, 15) is 4.79 Å². The molecule has 0 aromatic heterocycles. The predicted molar refractivity (Wildman–Crippen MR) is 84.0 cm³/mol. The molecule has 0 saturated heterocycles. The Balaban J connectivity index is 1.97. The van der Waals surface area contributed by atoms with Crippen molar-refractivity contribution in [3.8, 4) is 0 Å². The summed E-state index contributed by atoms with van der Waals surface area (Å²) in [5, 5.41) is 8.92. The molecular formula is C17H18O2S. The summed E-state index contributed by atoms with van der Waals surface area (Å²) >= 11 is 1.82. The lowest BCUT2D eigenvalue weighted by atomic mass is 10.1. The maximum atomic E-state index is 10.9. The zero-order valence-corrected chi connectivity index (χ0v) is 12.3. The van der Waals surface area contributed by atoms with Crippen molar-refractivity contribution in [2.75, 3.05) is 0 Å². The van der Waals surface area contributed by atoms with E-state index in [0.717, 1.165) is 22.6 Å². The predicted octanol–water partition coefficient (Wildman–Crippen LogP) is 4.06. The van der Waals surface area contributed by atoms with Gasteiger partial charge in [0.05, 0.1) is 6.42 Å². The molecule has 0 spiro atoms. The molecule has 2 aromatic rings. The molecule has 0 aliphatic rings. The van der Waals surface area contributed by atoms with Crippen molar-refractivity contribution in [1.82, 2.24) is 0 Å². The fourth-order valence-corrected chi connectivity index (χ4v) is 3.22. The van der Waals surface area contributed by atoms with Crippen molar-refractivity contribution >= 4 is 17.7 Å². The molecule has 0 radical (unpaired) electrons. The van der Waals surface area contributed by atoms with Gasteiger partial charge in [-0.3, -0.25) is 4.79 Å². The third kappa shape index (κ3) is 4.14.